The smallest absolute Gasteiger partial charge is 0.303 e. The van der Waals surface area contributed by atoms with Crippen LogP contribution in [0.5, 0.6) is 0 Å². The molecule has 100 valence electrons. The molecular formula is C11H15NO5S. The second-order valence-electron chi connectivity index (χ2n) is 3.78. The molecule has 0 amide bonds. The zero-order valence-corrected chi connectivity index (χ0v) is 10.9. The number of aromatic nitrogens is 1. The van der Waals surface area contributed by atoms with E-state index in [2.05, 4.69) is 0 Å². The van der Waals surface area contributed by atoms with Crippen molar-refractivity contribution in [3.05, 3.63) is 30.1 Å². The molecule has 0 saturated carbocycles. The molecule has 0 spiro atoms. The lowest BCUT2D eigenvalue weighted by Gasteiger charge is -2.06. The number of carbonyl (C=O) groups is 1. The topological polar surface area (TPSA) is 87.4 Å². The Balaban J connectivity index is 2.61. The number of hydrogen-bond donors (Lipinski definition) is 0. The third kappa shape index (κ3) is 5.74. The molecule has 0 fully saturated rings. The highest BCUT2D eigenvalue weighted by atomic mass is 32.2. The summed E-state index contributed by atoms with van der Waals surface area (Å²) >= 11 is 0. The van der Waals surface area contributed by atoms with Gasteiger partial charge in [0.2, 0.25) is 5.69 Å². The van der Waals surface area contributed by atoms with Crippen LogP contribution in [0, 0.1) is 0 Å². The predicted molar refractivity (Wildman–Crippen MR) is 61.3 cm³/mol. The van der Waals surface area contributed by atoms with Crippen LogP contribution in [0.2, 0.25) is 0 Å². The number of hydrogen-bond acceptors (Lipinski definition) is 5. The maximum absolute atomic E-state index is 10.7. The molecule has 0 unspecified atom stereocenters. The molecule has 0 N–H and O–H groups in total. The number of rotatable bonds is 6. The van der Waals surface area contributed by atoms with Crippen LogP contribution < -0.4 is 4.57 Å². The van der Waals surface area contributed by atoms with E-state index in [9.17, 15) is 17.8 Å². The van der Waals surface area contributed by atoms with Gasteiger partial charge in [0.1, 0.15) is 6.54 Å². The van der Waals surface area contributed by atoms with E-state index < -0.39 is 15.9 Å². The van der Waals surface area contributed by atoms with Crippen molar-refractivity contribution in [3.63, 3.8) is 0 Å². The van der Waals surface area contributed by atoms with Crippen LogP contribution >= 0.6 is 0 Å². The summed E-state index contributed by atoms with van der Waals surface area (Å²) < 4.78 is 38.1. The average molecular weight is 273 g/mol. The third-order valence-corrected chi connectivity index (χ3v) is 3.04. The van der Waals surface area contributed by atoms with Gasteiger partial charge in [-0.25, -0.2) is 8.42 Å². The molecule has 0 aliphatic heterocycles. The van der Waals surface area contributed by atoms with E-state index in [1.165, 1.54) is 6.92 Å². The van der Waals surface area contributed by atoms with Crippen molar-refractivity contribution in [1.29, 1.82) is 0 Å². The quantitative estimate of drug-likeness (QED) is 0.413. The first-order chi connectivity index (χ1) is 8.38. The van der Waals surface area contributed by atoms with Crippen LogP contribution in [0.1, 0.15) is 19.0 Å². The molecule has 0 atom stereocenters. The molecule has 1 aromatic heterocycles. The predicted octanol–water partition coefficient (Wildman–Crippen LogP) is -0.0275. The lowest BCUT2D eigenvalue weighted by atomic mass is 10.3. The molecule has 1 heterocycles. The standard InChI is InChI=1S/C11H15NO5S/c1-10(13)17-9-11-5-2-3-6-12(11)7-4-8-18(14,15)16/h2-3,5-6H,4,7-9H2,1H3. The van der Waals surface area contributed by atoms with Crippen molar-refractivity contribution in [2.45, 2.75) is 26.5 Å². The minimum absolute atomic E-state index is 0.125. The summed E-state index contributed by atoms with van der Waals surface area (Å²) in [5.41, 5.74) is 0.746. The molecule has 0 radical (unpaired) electrons. The van der Waals surface area contributed by atoms with Gasteiger partial charge in [0.25, 0.3) is 0 Å². The van der Waals surface area contributed by atoms with Crippen molar-refractivity contribution in [2.24, 2.45) is 0 Å². The highest BCUT2D eigenvalue weighted by Gasteiger charge is 2.11. The molecule has 18 heavy (non-hydrogen) atoms. The van der Waals surface area contributed by atoms with Gasteiger partial charge in [-0.3, -0.25) is 4.79 Å². The molecule has 0 bridgehead atoms. The Kier molecular flexibility index (Phi) is 5.24. The maximum Gasteiger partial charge on any atom is 0.303 e. The Hall–Kier alpha value is -1.47. The normalized spacial score (nSPS) is 11.2. The zero-order chi connectivity index (χ0) is 13.6. The average Bonchev–Trinajstić information content (AvgIpc) is 2.26. The molecule has 7 heteroatoms. The minimum Gasteiger partial charge on any atom is -0.748 e. The van der Waals surface area contributed by atoms with Gasteiger partial charge >= 0.3 is 5.97 Å². The van der Waals surface area contributed by atoms with Crippen LogP contribution in [0.15, 0.2) is 24.4 Å². The fourth-order valence-corrected chi connectivity index (χ4v) is 1.93. The fraction of sp³-hybridized carbons (Fsp3) is 0.455. The number of ether oxygens (including phenoxy) is 1. The zero-order valence-electron chi connectivity index (χ0n) is 10.0. The lowest BCUT2D eigenvalue weighted by Crippen LogP contribution is -2.39. The van der Waals surface area contributed by atoms with E-state index in [0.29, 0.717) is 6.54 Å². The SMILES string of the molecule is CC(=O)OCc1cccc[n+]1CCCS(=O)(=O)[O-]. The number of carbonyl (C=O) groups excluding carboxylic acids is 1. The third-order valence-electron chi connectivity index (χ3n) is 2.25. The van der Waals surface area contributed by atoms with Gasteiger partial charge in [-0.15, -0.1) is 0 Å². The van der Waals surface area contributed by atoms with Gasteiger partial charge in [-0.2, -0.15) is 4.57 Å². The largest absolute Gasteiger partial charge is 0.748 e. The van der Waals surface area contributed by atoms with Crippen LogP contribution in [0.4, 0.5) is 0 Å². The molecule has 0 aliphatic rings. The first-order valence-electron chi connectivity index (χ1n) is 5.43. The van der Waals surface area contributed by atoms with E-state index in [4.69, 9.17) is 4.74 Å². The molecule has 0 saturated heterocycles. The first-order valence-corrected chi connectivity index (χ1v) is 7.00. The van der Waals surface area contributed by atoms with E-state index >= 15 is 0 Å². The Morgan fingerprint density at radius 3 is 2.78 bits per heavy atom. The van der Waals surface area contributed by atoms with Gasteiger partial charge in [0.15, 0.2) is 12.8 Å². The Morgan fingerprint density at radius 2 is 2.17 bits per heavy atom. The van der Waals surface area contributed by atoms with Crippen molar-refractivity contribution in [1.82, 2.24) is 0 Å². The van der Waals surface area contributed by atoms with Crippen molar-refractivity contribution >= 4 is 16.1 Å². The van der Waals surface area contributed by atoms with Gasteiger partial charge in [-0.05, 0) is 6.07 Å². The second-order valence-corrected chi connectivity index (χ2v) is 5.30. The van der Waals surface area contributed by atoms with Crippen molar-refractivity contribution < 1.29 is 27.1 Å². The second kappa shape index (κ2) is 6.46. The lowest BCUT2D eigenvalue weighted by molar-refractivity contribution is -0.705. The van der Waals surface area contributed by atoms with Gasteiger partial charge < -0.3 is 9.29 Å². The van der Waals surface area contributed by atoms with Crippen LogP contribution in [0.25, 0.3) is 0 Å². The summed E-state index contributed by atoms with van der Waals surface area (Å²) in [5.74, 6) is -0.783. The van der Waals surface area contributed by atoms with E-state index in [1.807, 2.05) is 0 Å². The molecule has 1 rings (SSSR count). The molecule has 0 aromatic carbocycles. The minimum atomic E-state index is -4.18. The number of aryl methyl sites for hydroxylation is 1. The van der Waals surface area contributed by atoms with E-state index in [1.54, 1.807) is 29.0 Å². The summed E-state index contributed by atoms with van der Waals surface area (Å²) in [6, 6.07) is 5.34. The summed E-state index contributed by atoms with van der Waals surface area (Å²) in [5, 5.41) is 0. The number of esters is 1. The van der Waals surface area contributed by atoms with Crippen molar-refractivity contribution in [3.8, 4) is 0 Å². The fourth-order valence-electron chi connectivity index (χ4n) is 1.45. The van der Waals surface area contributed by atoms with E-state index in [0.717, 1.165) is 5.69 Å². The number of pyridine rings is 1. The molecule has 1 aromatic rings. The monoisotopic (exact) mass is 273 g/mol. The van der Waals surface area contributed by atoms with Crippen molar-refractivity contribution in [2.75, 3.05) is 5.75 Å². The Bertz CT molecular complexity index is 512. The summed E-state index contributed by atoms with van der Waals surface area (Å²) in [6.07, 6.45) is 1.98. The first kappa shape index (κ1) is 14.6. The van der Waals surface area contributed by atoms with Gasteiger partial charge in [0.05, 0.1) is 10.1 Å². The molecule has 0 aliphatic carbocycles. The summed E-state index contributed by atoms with van der Waals surface area (Å²) in [6.45, 7) is 1.83. The molecular weight excluding hydrogens is 258 g/mol. The summed E-state index contributed by atoms with van der Waals surface area (Å²) in [7, 11) is -4.18. The van der Waals surface area contributed by atoms with Crippen LogP contribution in [-0.4, -0.2) is 24.7 Å². The highest BCUT2D eigenvalue weighted by molar-refractivity contribution is 7.85. The maximum atomic E-state index is 10.7. The van der Waals surface area contributed by atoms with Crippen LogP contribution in [-0.2, 0) is 32.8 Å². The van der Waals surface area contributed by atoms with Gasteiger partial charge in [-0.1, -0.05) is 0 Å². The molecule has 6 nitrogen and oxygen atoms in total. The Labute approximate surface area is 106 Å². The number of nitrogens with zero attached hydrogens (tertiary/aromatic N) is 1. The summed E-state index contributed by atoms with van der Waals surface area (Å²) in [4.78, 5) is 10.7. The van der Waals surface area contributed by atoms with E-state index in [-0.39, 0.29) is 19.0 Å². The van der Waals surface area contributed by atoms with Crippen LogP contribution in [0.3, 0.4) is 0 Å². The highest BCUT2D eigenvalue weighted by Crippen LogP contribution is 1.97. The Morgan fingerprint density at radius 1 is 1.44 bits per heavy atom. The van der Waals surface area contributed by atoms with Gasteiger partial charge in [0, 0.05) is 31.2 Å².